The molecule has 0 aliphatic heterocycles. The highest BCUT2D eigenvalue weighted by Crippen LogP contribution is 2.35. The van der Waals surface area contributed by atoms with Gasteiger partial charge in [0.05, 0.1) is 16.9 Å². The minimum Gasteiger partial charge on any atom is -0.497 e. The second-order valence-electron chi connectivity index (χ2n) is 3.75. The smallest absolute Gasteiger partial charge is 0.120 e. The number of nitrogens with one attached hydrogen (secondary N) is 1. The van der Waals surface area contributed by atoms with Crippen molar-refractivity contribution in [1.29, 1.82) is 0 Å². The van der Waals surface area contributed by atoms with Gasteiger partial charge in [-0.15, -0.1) is 11.3 Å². The predicted molar refractivity (Wildman–Crippen MR) is 83.6 cm³/mol. The number of hydrogen-bond acceptors (Lipinski definition) is 3. The molecule has 0 fully saturated rings. The van der Waals surface area contributed by atoms with Crippen molar-refractivity contribution in [1.82, 2.24) is 5.32 Å². The van der Waals surface area contributed by atoms with Gasteiger partial charge in [-0.25, -0.2) is 0 Å². The second-order valence-corrected chi connectivity index (χ2v) is 7.10. The van der Waals surface area contributed by atoms with Crippen molar-refractivity contribution in [3.05, 3.63) is 49.0 Å². The van der Waals surface area contributed by atoms with E-state index in [9.17, 15) is 0 Å². The SMILES string of the molecule is CNC(c1ccc(Br)s1)c1ccc(OC)cc1Br. The summed E-state index contributed by atoms with van der Waals surface area (Å²) in [6.45, 7) is 0. The molecule has 0 aliphatic rings. The molecule has 1 atom stereocenters. The first kappa shape index (κ1) is 14.1. The van der Waals surface area contributed by atoms with Gasteiger partial charge in [0.15, 0.2) is 0 Å². The first-order chi connectivity index (χ1) is 8.65. The van der Waals surface area contributed by atoms with Crippen LogP contribution in [0.4, 0.5) is 0 Å². The number of rotatable bonds is 4. The van der Waals surface area contributed by atoms with E-state index in [0.29, 0.717) is 0 Å². The van der Waals surface area contributed by atoms with Crippen molar-refractivity contribution in [2.45, 2.75) is 6.04 Å². The van der Waals surface area contributed by atoms with Crippen molar-refractivity contribution >= 4 is 43.2 Å². The Bertz CT molecular complexity index is 542. The van der Waals surface area contributed by atoms with Crippen LogP contribution in [0.3, 0.4) is 0 Å². The van der Waals surface area contributed by atoms with E-state index >= 15 is 0 Å². The van der Waals surface area contributed by atoms with Crippen LogP contribution in [0.5, 0.6) is 5.75 Å². The summed E-state index contributed by atoms with van der Waals surface area (Å²) < 4.78 is 7.41. The summed E-state index contributed by atoms with van der Waals surface area (Å²) in [5.41, 5.74) is 1.20. The van der Waals surface area contributed by atoms with Crippen LogP contribution in [0.2, 0.25) is 0 Å². The number of ether oxygens (including phenoxy) is 1. The molecule has 0 bridgehead atoms. The maximum absolute atomic E-state index is 5.22. The summed E-state index contributed by atoms with van der Waals surface area (Å²) in [4.78, 5) is 1.27. The van der Waals surface area contributed by atoms with Crippen LogP contribution in [-0.2, 0) is 0 Å². The van der Waals surface area contributed by atoms with Crippen LogP contribution >= 0.6 is 43.2 Å². The molecule has 1 heterocycles. The van der Waals surface area contributed by atoms with Gasteiger partial charge >= 0.3 is 0 Å². The topological polar surface area (TPSA) is 21.3 Å². The minimum absolute atomic E-state index is 0.182. The quantitative estimate of drug-likeness (QED) is 0.824. The second kappa shape index (κ2) is 6.19. The number of halogens is 2. The van der Waals surface area contributed by atoms with Gasteiger partial charge in [0.25, 0.3) is 0 Å². The molecule has 5 heteroatoms. The van der Waals surface area contributed by atoms with E-state index in [2.05, 4.69) is 55.4 Å². The van der Waals surface area contributed by atoms with E-state index in [0.717, 1.165) is 14.0 Å². The molecule has 0 spiro atoms. The molecular weight excluding hydrogens is 378 g/mol. The van der Waals surface area contributed by atoms with Gasteiger partial charge in [-0.2, -0.15) is 0 Å². The lowest BCUT2D eigenvalue weighted by atomic mass is 10.1. The van der Waals surface area contributed by atoms with E-state index < -0.39 is 0 Å². The Labute approximate surface area is 128 Å². The fourth-order valence-electron chi connectivity index (χ4n) is 1.80. The summed E-state index contributed by atoms with van der Waals surface area (Å²) in [5.74, 6) is 0.854. The molecule has 0 saturated carbocycles. The van der Waals surface area contributed by atoms with Crippen molar-refractivity contribution in [3.8, 4) is 5.75 Å². The van der Waals surface area contributed by atoms with Crippen LogP contribution in [0.15, 0.2) is 38.6 Å². The zero-order valence-electron chi connectivity index (χ0n) is 10.0. The van der Waals surface area contributed by atoms with Gasteiger partial charge in [0.1, 0.15) is 5.75 Å². The van der Waals surface area contributed by atoms with Crippen molar-refractivity contribution < 1.29 is 4.74 Å². The van der Waals surface area contributed by atoms with E-state index in [1.807, 2.05) is 19.2 Å². The fraction of sp³-hybridized carbons (Fsp3) is 0.231. The molecule has 2 rings (SSSR count). The van der Waals surface area contributed by atoms with Crippen LogP contribution in [0, 0.1) is 0 Å². The largest absolute Gasteiger partial charge is 0.497 e. The number of thiophene rings is 1. The van der Waals surface area contributed by atoms with Gasteiger partial charge in [-0.05, 0) is 52.8 Å². The molecule has 0 amide bonds. The molecule has 1 aromatic heterocycles. The molecule has 0 saturated heterocycles. The molecule has 0 aliphatic carbocycles. The maximum Gasteiger partial charge on any atom is 0.120 e. The molecule has 96 valence electrons. The van der Waals surface area contributed by atoms with Crippen LogP contribution in [-0.4, -0.2) is 14.2 Å². The summed E-state index contributed by atoms with van der Waals surface area (Å²) in [6.07, 6.45) is 0. The summed E-state index contributed by atoms with van der Waals surface area (Å²) in [6, 6.07) is 10.4. The summed E-state index contributed by atoms with van der Waals surface area (Å²) in [5, 5.41) is 3.35. The Morgan fingerprint density at radius 1 is 1.22 bits per heavy atom. The number of hydrogen-bond donors (Lipinski definition) is 1. The van der Waals surface area contributed by atoms with Gasteiger partial charge in [-0.1, -0.05) is 22.0 Å². The molecule has 18 heavy (non-hydrogen) atoms. The lowest BCUT2D eigenvalue weighted by molar-refractivity contribution is 0.414. The molecule has 1 unspecified atom stereocenters. The van der Waals surface area contributed by atoms with Crippen LogP contribution in [0.25, 0.3) is 0 Å². The number of methoxy groups -OCH3 is 1. The third kappa shape index (κ3) is 2.96. The first-order valence-corrected chi connectivity index (χ1v) is 7.82. The third-order valence-corrected chi connectivity index (χ3v) is 5.06. The summed E-state index contributed by atoms with van der Waals surface area (Å²) >= 11 is 8.84. The van der Waals surface area contributed by atoms with Gasteiger partial charge < -0.3 is 10.1 Å². The standard InChI is InChI=1S/C13H13Br2NOS/c1-16-13(11-5-6-12(15)18-11)9-4-3-8(17-2)7-10(9)14/h3-7,13,16H,1-2H3. The minimum atomic E-state index is 0.182. The average Bonchev–Trinajstić information content (AvgIpc) is 2.78. The Morgan fingerprint density at radius 3 is 2.50 bits per heavy atom. The highest BCUT2D eigenvalue weighted by molar-refractivity contribution is 9.11. The molecule has 1 aromatic carbocycles. The van der Waals surface area contributed by atoms with Gasteiger partial charge in [0.2, 0.25) is 0 Å². The Balaban J connectivity index is 2.39. The van der Waals surface area contributed by atoms with Gasteiger partial charge in [-0.3, -0.25) is 0 Å². The maximum atomic E-state index is 5.22. The molecule has 1 N–H and O–H groups in total. The van der Waals surface area contributed by atoms with Crippen LogP contribution < -0.4 is 10.1 Å². The lowest BCUT2D eigenvalue weighted by Crippen LogP contribution is -2.16. The fourth-order valence-corrected chi connectivity index (χ4v) is 3.94. The predicted octanol–water partition coefficient (Wildman–Crippen LogP) is 4.59. The zero-order chi connectivity index (χ0) is 13.1. The Kier molecular flexibility index (Phi) is 4.84. The Hall–Kier alpha value is -0.360. The van der Waals surface area contributed by atoms with Crippen molar-refractivity contribution in [2.24, 2.45) is 0 Å². The first-order valence-electron chi connectivity index (χ1n) is 5.41. The van der Waals surface area contributed by atoms with Gasteiger partial charge in [0, 0.05) is 9.35 Å². The monoisotopic (exact) mass is 389 g/mol. The highest BCUT2D eigenvalue weighted by atomic mass is 79.9. The molecule has 2 nitrogen and oxygen atoms in total. The van der Waals surface area contributed by atoms with E-state index in [1.165, 1.54) is 10.4 Å². The zero-order valence-corrected chi connectivity index (χ0v) is 14.0. The van der Waals surface area contributed by atoms with E-state index in [1.54, 1.807) is 18.4 Å². The molecule has 2 aromatic rings. The lowest BCUT2D eigenvalue weighted by Gasteiger charge is -2.17. The van der Waals surface area contributed by atoms with Crippen molar-refractivity contribution in [2.75, 3.05) is 14.2 Å². The van der Waals surface area contributed by atoms with Crippen LogP contribution in [0.1, 0.15) is 16.5 Å². The van der Waals surface area contributed by atoms with Crippen molar-refractivity contribution in [3.63, 3.8) is 0 Å². The Morgan fingerprint density at radius 2 is 2.00 bits per heavy atom. The third-order valence-electron chi connectivity index (χ3n) is 2.69. The number of benzene rings is 1. The van der Waals surface area contributed by atoms with E-state index in [-0.39, 0.29) is 6.04 Å². The molecule has 0 radical (unpaired) electrons. The normalized spacial score (nSPS) is 12.4. The summed E-state index contributed by atoms with van der Waals surface area (Å²) in [7, 11) is 3.64. The highest BCUT2D eigenvalue weighted by Gasteiger charge is 2.17. The van der Waals surface area contributed by atoms with E-state index in [4.69, 9.17) is 4.74 Å². The molecular formula is C13H13Br2NOS. The average molecular weight is 391 g/mol.